The molecule has 4 heteroatoms. The molecule has 0 spiro atoms. The van der Waals surface area contributed by atoms with Crippen molar-refractivity contribution in [3.8, 4) is 0 Å². The van der Waals surface area contributed by atoms with Gasteiger partial charge in [-0.3, -0.25) is 0 Å². The van der Waals surface area contributed by atoms with Crippen LogP contribution in [0, 0.1) is 0 Å². The number of rotatable bonds is 1. The average molecular weight is 208 g/mol. The van der Waals surface area contributed by atoms with Crippen molar-refractivity contribution in [1.29, 1.82) is 0 Å². The van der Waals surface area contributed by atoms with Crippen molar-refractivity contribution in [3.63, 3.8) is 0 Å². The number of hydrogen-bond acceptors (Lipinski definition) is 3. The fourth-order valence-corrected chi connectivity index (χ4v) is 1.86. The van der Waals surface area contributed by atoms with E-state index in [1.165, 1.54) is 11.5 Å². The Morgan fingerprint density at radius 3 is 2.78 bits per heavy atom. The highest BCUT2D eigenvalue weighted by Gasteiger charge is 2.06. The van der Waals surface area contributed by atoms with Gasteiger partial charge >= 0.3 is 0 Å². The SMILES string of the molecule is CC(O)c1sncc1Br. The summed E-state index contributed by atoms with van der Waals surface area (Å²) >= 11 is 4.57. The van der Waals surface area contributed by atoms with Gasteiger partial charge in [-0.05, 0) is 34.4 Å². The smallest absolute Gasteiger partial charge is 0.0881 e. The second-order valence-corrected chi connectivity index (χ2v) is 3.40. The third-order valence-corrected chi connectivity index (χ3v) is 2.79. The summed E-state index contributed by atoms with van der Waals surface area (Å²) in [6.45, 7) is 1.72. The molecule has 0 radical (unpaired) electrons. The first-order valence-corrected chi connectivity index (χ1v) is 4.06. The molecule has 1 aromatic rings. The lowest BCUT2D eigenvalue weighted by atomic mass is 10.3. The molecule has 50 valence electrons. The maximum absolute atomic E-state index is 9.03. The molecule has 0 saturated heterocycles. The second kappa shape index (κ2) is 2.77. The van der Waals surface area contributed by atoms with Crippen molar-refractivity contribution < 1.29 is 5.11 Å². The average Bonchev–Trinajstić information content (AvgIpc) is 2.13. The topological polar surface area (TPSA) is 33.1 Å². The van der Waals surface area contributed by atoms with E-state index in [0.29, 0.717) is 0 Å². The highest BCUT2D eigenvalue weighted by molar-refractivity contribution is 9.10. The summed E-state index contributed by atoms with van der Waals surface area (Å²) in [6.07, 6.45) is 1.28. The number of halogens is 1. The quantitative estimate of drug-likeness (QED) is 0.765. The van der Waals surface area contributed by atoms with Crippen LogP contribution >= 0.6 is 27.5 Å². The van der Waals surface area contributed by atoms with Crippen molar-refractivity contribution >= 4 is 27.5 Å². The molecule has 1 heterocycles. The summed E-state index contributed by atoms with van der Waals surface area (Å²) < 4.78 is 4.77. The predicted octanol–water partition coefficient (Wildman–Crippen LogP) is 1.96. The maximum atomic E-state index is 9.03. The van der Waals surface area contributed by atoms with Gasteiger partial charge in [-0.1, -0.05) is 0 Å². The molecule has 9 heavy (non-hydrogen) atoms. The van der Waals surface area contributed by atoms with Crippen LogP contribution in [0.5, 0.6) is 0 Å². The van der Waals surface area contributed by atoms with E-state index in [2.05, 4.69) is 20.3 Å². The summed E-state index contributed by atoms with van der Waals surface area (Å²) in [6, 6.07) is 0. The van der Waals surface area contributed by atoms with E-state index in [4.69, 9.17) is 5.11 Å². The molecule has 0 amide bonds. The summed E-state index contributed by atoms with van der Waals surface area (Å²) in [5.41, 5.74) is 0. The van der Waals surface area contributed by atoms with E-state index in [-0.39, 0.29) is 0 Å². The normalized spacial score (nSPS) is 13.7. The Bertz CT molecular complexity index is 199. The first-order valence-electron chi connectivity index (χ1n) is 2.50. The lowest BCUT2D eigenvalue weighted by Crippen LogP contribution is -1.85. The van der Waals surface area contributed by atoms with Crippen molar-refractivity contribution in [3.05, 3.63) is 15.5 Å². The van der Waals surface area contributed by atoms with Gasteiger partial charge in [0.05, 0.1) is 21.7 Å². The highest BCUT2D eigenvalue weighted by atomic mass is 79.9. The van der Waals surface area contributed by atoms with Crippen LogP contribution < -0.4 is 0 Å². The molecule has 1 atom stereocenters. The monoisotopic (exact) mass is 207 g/mol. The van der Waals surface area contributed by atoms with E-state index < -0.39 is 6.10 Å². The standard InChI is InChI=1S/C5H6BrNOS/c1-3(8)5-4(6)2-7-9-5/h2-3,8H,1H3. The second-order valence-electron chi connectivity index (χ2n) is 1.71. The first kappa shape index (κ1) is 7.18. The molecular weight excluding hydrogens is 202 g/mol. The summed E-state index contributed by atoms with van der Waals surface area (Å²) in [4.78, 5) is 0.884. The molecule has 0 aliphatic carbocycles. The third kappa shape index (κ3) is 1.50. The number of aliphatic hydroxyl groups is 1. The van der Waals surface area contributed by atoms with E-state index >= 15 is 0 Å². The predicted molar refractivity (Wildman–Crippen MR) is 40.4 cm³/mol. The Labute approximate surface area is 65.8 Å². The lowest BCUT2D eigenvalue weighted by Gasteiger charge is -1.97. The minimum absolute atomic E-state index is 0.410. The van der Waals surface area contributed by atoms with E-state index in [0.717, 1.165) is 9.35 Å². The zero-order valence-electron chi connectivity index (χ0n) is 4.84. The zero-order valence-corrected chi connectivity index (χ0v) is 7.24. The minimum Gasteiger partial charge on any atom is -0.388 e. The van der Waals surface area contributed by atoms with Gasteiger partial charge in [-0.15, -0.1) is 0 Å². The minimum atomic E-state index is -0.410. The number of aromatic nitrogens is 1. The Balaban J connectivity index is 2.94. The fraction of sp³-hybridized carbons (Fsp3) is 0.400. The number of aliphatic hydroxyl groups excluding tert-OH is 1. The van der Waals surface area contributed by atoms with Gasteiger partial charge in [0.1, 0.15) is 0 Å². The zero-order chi connectivity index (χ0) is 6.85. The van der Waals surface area contributed by atoms with Gasteiger partial charge in [0.15, 0.2) is 0 Å². The van der Waals surface area contributed by atoms with Crippen LogP contribution in [0.25, 0.3) is 0 Å². The van der Waals surface area contributed by atoms with Gasteiger partial charge in [0.25, 0.3) is 0 Å². The van der Waals surface area contributed by atoms with Crippen molar-refractivity contribution in [2.24, 2.45) is 0 Å². The summed E-state index contributed by atoms with van der Waals surface area (Å²) in [5, 5.41) is 9.03. The molecule has 0 saturated carbocycles. The molecule has 1 aromatic heterocycles. The Morgan fingerprint density at radius 1 is 1.89 bits per heavy atom. The van der Waals surface area contributed by atoms with E-state index in [9.17, 15) is 0 Å². The van der Waals surface area contributed by atoms with Crippen LogP contribution in [0.4, 0.5) is 0 Å². The van der Waals surface area contributed by atoms with Gasteiger partial charge in [0, 0.05) is 0 Å². The van der Waals surface area contributed by atoms with Crippen LogP contribution in [0.2, 0.25) is 0 Å². The molecule has 0 aliphatic rings. The van der Waals surface area contributed by atoms with Crippen LogP contribution in [-0.4, -0.2) is 9.48 Å². The van der Waals surface area contributed by atoms with Crippen molar-refractivity contribution in [2.45, 2.75) is 13.0 Å². The van der Waals surface area contributed by atoms with Crippen LogP contribution in [0.1, 0.15) is 17.9 Å². The fourth-order valence-electron chi connectivity index (χ4n) is 0.512. The van der Waals surface area contributed by atoms with E-state index in [1.54, 1.807) is 13.1 Å². The Kier molecular flexibility index (Phi) is 2.21. The van der Waals surface area contributed by atoms with Crippen LogP contribution in [-0.2, 0) is 0 Å². The van der Waals surface area contributed by atoms with Crippen molar-refractivity contribution in [2.75, 3.05) is 0 Å². The summed E-state index contributed by atoms with van der Waals surface area (Å²) in [7, 11) is 0. The lowest BCUT2D eigenvalue weighted by molar-refractivity contribution is 0.202. The molecule has 1 N–H and O–H groups in total. The molecular formula is C5H6BrNOS. The van der Waals surface area contributed by atoms with Crippen molar-refractivity contribution in [1.82, 2.24) is 4.37 Å². The molecule has 1 unspecified atom stereocenters. The molecule has 0 bridgehead atoms. The third-order valence-electron chi connectivity index (χ3n) is 0.932. The highest BCUT2D eigenvalue weighted by Crippen LogP contribution is 2.25. The molecule has 1 rings (SSSR count). The van der Waals surface area contributed by atoms with Crippen LogP contribution in [0.3, 0.4) is 0 Å². The Morgan fingerprint density at radius 2 is 2.56 bits per heavy atom. The Hall–Kier alpha value is 0.0700. The van der Waals surface area contributed by atoms with E-state index in [1.807, 2.05) is 0 Å². The molecule has 0 aromatic carbocycles. The van der Waals surface area contributed by atoms with Crippen LogP contribution in [0.15, 0.2) is 10.7 Å². The number of hydrogen-bond donors (Lipinski definition) is 1. The van der Waals surface area contributed by atoms with Gasteiger partial charge in [-0.25, -0.2) is 0 Å². The van der Waals surface area contributed by atoms with Gasteiger partial charge < -0.3 is 5.11 Å². The van der Waals surface area contributed by atoms with Gasteiger partial charge in [0.2, 0.25) is 0 Å². The first-order chi connectivity index (χ1) is 4.22. The molecule has 0 aliphatic heterocycles. The molecule has 0 fully saturated rings. The number of nitrogens with zero attached hydrogens (tertiary/aromatic N) is 1. The van der Waals surface area contributed by atoms with Gasteiger partial charge in [-0.2, -0.15) is 4.37 Å². The largest absolute Gasteiger partial charge is 0.388 e. The maximum Gasteiger partial charge on any atom is 0.0881 e. The summed E-state index contributed by atoms with van der Waals surface area (Å²) in [5.74, 6) is 0. The molecule has 2 nitrogen and oxygen atoms in total.